The summed E-state index contributed by atoms with van der Waals surface area (Å²) < 4.78 is 22.1. The number of hydrogen-bond acceptors (Lipinski definition) is 10. The Morgan fingerprint density at radius 2 is 0.982 bits per heavy atom. The van der Waals surface area contributed by atoms with Crippen LogP contribution in [0.2, 0.25) is 0 Å². The molecule has 0 amide bonds. The Bertz CT molecular complexity index is 954. The van der Waals surface area contributed by atoms with Crippen LogP contribution in [0, 0.1) is 0 Å². The molecule has 322 valence electrons. The second kappa shape index (κ2) is 36.5. The Hall–Kier alpha value is -1.82. The lowest BCUT2D eigenvalue weighted by atomic mass is 9.99. The van der Waals surface area contributed by atoms with Crippen molar-refractivity contribution >= 4 is 11.9 Å². The van der Waals surface area contributed by atoms with Crippen LogP contribution in [0.25, 0.3) is 0 Å². The van der Waals surface area contributed by atoms with E-state index in [1.807, 2.05) is 0 Å². The largest absolute Gasteiger partial charge is 0.462 e. The van der Waals surface area contributed by atoms with Crippen molar-refractivity contribution in [3.05, 3.63) is 24.3 Å². The van der Waals surface area contributed by atoms with E-state index in [2.05, 4.69) is 38.2 Å². The van der Waals surface area contributed by atoms with Gasteiger partial charge in [0.25, 0.3) is 0 Å². The molecule has 2 unspecified atom stereocenters. The van der Waals surface area contributed by atoms with Crippen LogP contribution in [0.5, 0.6) is 0 Å². The van der Waals surface area contributed by atoms with Gasteiger partial charge in [-0.2, -0.15) is 0 Å². The molecule has 1 rings (SSSR count). The molecule has 1 aliphatic heterocycles. The Morgan fingerprint density at radius 1 is 0.545 bits per heavy atom. The van der Waals surface area contributed by atoms with Gasteiger partial charge in [-0.1, -0.05) is 147 Å². The van der Waals surface area contributed by atoms with Crippen LogP contribution in [0.4, 0.5) is 0 Å². The van der Waals surface area contributed by atoms with Crippen LogP contribution in [-0.2, 0) is 28.5 Å². The van der Waals surface area contributed by atoms with E-state index in [0.717, 1.165) is 51.4 Å². The van der Waals surface area contributed by atoms with Crippen molar-refractivity contribution in [2.75, 3.05) is 19.8 Å². The molecule has 4 N–H and O–H groups in total. The number of hydrogen-bond donors (Lipinski definition) is 4. The van der Waals surface area contributed by atoms with Crippen LogP contribution in [-0.4, -0.2) is 89.0 Å². The maximum atomic E-state index is 12.8. The molecule has 6 atom stereocenters. The number of ether oxygens (including phenoxy) is 4. The van der Waals surface area contributed by atoms with Gasteiger partial charge in [-0.3, -0.25) is 9.59 Å². The lowest BCUT2D eigenvalue weighted by Gasteiger charge is -2.39. The molecule has 0 saturated carbocycles. The molecule has 55 heavy (non-hydrogen) atoms. The molecule has 10 heteroatoms. The van der Waals surface area contributed by atoms with Gasteiger partial charge in [0.2, 0.25) is 0 Å². The Balaban J connectivity index is 2.33. The summed E-state index contributed by atoms with van der Waals surface area (Å²) in [6, 6.07) is 0. The van der Waals surface area contributed by atoms with Gasteiger partial charge in [0.15, 0.2) is 12.4 Å². The summed E-state index contributed by atoms with van der Waals surface area (Å²) in [6.07, 6.45) is 31.8. The van der Waals surface area contributed by atoms with E-state index in [1.165, 1.54) is 109 Å². The molecule has 0 spiro atoms. The fourth-order valence-electron chi connectivity index (χ4n) is 6.69. The lowest BCUT2D eigenvalue weighted by molar-refractivity contribution is -0.305. The first-order chi connectivity index (χ1) is 26.8. The summed E-state index contributed by atoms with van der Waals surface area (Å²) in [5.74, 6) is -0.810. The summed E-state index contributed by atoms with van der Waals surface area (Å²) in [5.41, 5.74) is 0. The fraction of sp³-hybridized carbons (Fsp3) is 0.867. The van der Waals surface area contributed by atoms with E-state index in [1.54, 1.807) is 0 Å². The van der Waals surface area contributed by atoms with Gasteiger partial charge in [0, 0.05) is 12.8 Å². The molecule has 10 nitrogen and oxygen atoms in total. The SMILES string of the molecule is CCCC/C=C/CCCCCCCCCCCC(=O)OC[C@@H](CO[C@H]1O[C@@H](CO)[C@@H](O)C(O)C1O)OC(=O)CCCCCCCCC/C=C/CCCCCC. The summed E-state index contributed by atoms with van der Waals surface area (Å²) in [4.78, 5) is 25.3. The third-order valence-corrected chi connectivity index (χ3v) is 10.3. The molecule has 0 aromatic heterocycles. The van der Waals surface area contributed by atoms with Crippen molar-refractivity contribution in [3.8, 4) is 0 Å². The predicted molar refractivity (Wildman–Crippen MR) is 219 cm³/mol. The zero-order chi connectivity index (χ0) is 40.2. The molecule has 0 aromatic carbocycles. The Labute approximate surface area is 334 Å². The highest BCUT2D eigenvalue weighted by atomic mass is 16.7. The Morgan fingerprint density at radius 3 is 1.47 bits per heavy atom. The maximum Gasteiger partial charge on any atom is 0.306 e. The summed E-state index contributed by atoms with van der Waals surface area (Å²) in [5, 5.41) is 40.0. The van der Waals surface area contributed by atoms with Crippen LogP contribution >= 0.6 is 0 Å². The molecule has 0 bridgehead atoms. The molecule has 1 fully saturated rings. The van der Waals surface area contributed by atoms with Crippen molar-refractivity contribution in [1.82, 2.24) is 0 Å². The van der Waals surface area contributed by atoms with Crippen molar-refractivity contribution < 1.29 is 49.0 Å². The number of carbonyl (C=O) groups is 2. The van der Waals surface area contributed by atoms with Gasteiger partial charge in [-0.15, -0.1) is 0 Å². The molecular weight excluding hydrogens is 700 g/mol. The van der Waals surface area contributed by atoms with Gasteiger partial charge >= 0.3 is 11.9 Å². The topological polar surface area (TPSA) is 152 Å². The first-order valence-electron chi connectivity index (χ1n) is 22.4. The van der Waals surface area contributed by atoms with E-state index in [9.17, 15) is 30.0 Å². The number of aliphatic hydroxyl groups excluding tert-OH is 4. The summed E-state index contributed by atoms with van der Waals surface area (Å²) in [7, 11) is 0. The zero-order valence-corrected chi connectivity index (χ0v) is 34.9. The predicted octanol–water partition coefficient (Wildman–Crippen LogP) is 9.33. The molecular formula is C45H82O10. The monoisotopic (exact) mass is 783 g/mol. The number of allylic oxidation sites excluding steroid dienone is 4. The second-order valence-corrected chi connectivity index (χ2v) is 15.5. The number of unbranched alkanes of at least 4 members (excludes halogenated alkanes) is 22. The maximum absolute atomic E-state index is 12.8. The highest BCUT2D eigenvalue weighted by Crippen LogP contribution is 2.23. The van der Waals surface area contributed by atoms with Crippen molar-refractivity contribution in [2.45, 2.75) is 230 Å². The highest BCUT2D eigenvalue weighted by molar-refractivity contribution is 5.70. The minimum Gasteiger partial charge on any atom is -0.462 e. The van der Waals surface area contributed by atoms with Crippen LogP contribution in [0.15, 0.2) is 24.3 Å². The minimum absolute atomic E-state index is 0.218. The first-order valence-corrected chi connectivity index (χ1v) is 22.4. The summed E-state index contributed by atoms with van der Waals surface area (Å²) >= 11 is 0. The Kier molecular flexibility index (Phi) is 34.0. The average Bonchev–Trinajstić information content (AvgIpc) is 3.18. The molecule has 0 aliphatic carbocycles. The fourth-order valence-corrected chi connectivity index (χ4v) is 6.69. The zero-order valence-electron chi connectivity index (χ0n) is 34.9. The lowest BCUT2D eigenvalue weighted by Crippen LogP contribution is -2.59. The van der Waals surface area contributed by atoms with Crippen molar-refractivity contribution in [2.24, 2.45) is 0 Å². The highest BCUT2D eigenvalue weighted by Gasteiger charge is 2.44. The van der Waals surface area contributed by atoms with E-state index in [-0.39, 0.29) is 32.0 Å². The number of esters is 2. The molecule has 0 aromatic rings. The van der Waals surface area contributed by atoms with E-state index < -0.39 is 49.4 Å². The molecule has 1 heterocycles. The van der Waals surface area contributed by atoms with E-state index in [4.69, 9.17) is 18.9 Å². The quantitative estimate of drug-likeness (QED) is 0.0273. The first kappa shape index (κ1) is 51.2. The van der Waals surface area contributed by atoms with Gasteiger partial charge < -0.3 is 39.4 Å². The van der Waals surface area contributed by atoms with Gasteiger partial charge in [-0.25, -0.2) is 0 Å². The van der Waals surface area contributed by atoms with Crippen LogP contribution in [0.1, 0.15) is 194 Å². The smallest absolute Gasteiger partial charge is 0.306 e. The second-order valence-electron chi connectivity index (χ2n) is 15.5. The van der Waals surface area contributed by atoms with E-state index in [0.29, 0.717) is 6.42 Å². The number of aliphatic hydroxyl groups is 4. The van der Waals surface area contributed by atoms with Crippen LogP contribution in [0.3, 0.4) is 0 Å². The number of rotatable bonds is 37. The molecule has 1 saturated heterocycles. The average molecular weight is 783 g/mol. The van der Waals surface area contributed by atoms with Crippen molar-refractivity contribution in [3.63, 3.8) is 0 Å². The van der Waals surface area contributed by atoms with Gasteiger partial charge in [0.05, 0.1) is 13.2 Å². The molecule has 0 radical (unpaired) electrons. The van der Waals surface area contributed by atoms with E-state index >= 15 is 0 Å². The molecule has 1 aliphatic rings. The van der Waals surface area contributed by atoms with Gasteiger partial charge in [0.1, 0.15) is 31.0 Å². The third-order valence-electron chi connectivity index (χ3n) is 10.3. The van der Waals surface area contributed by atoms with Crippen LogP contribution < -0.4 is 0 Å². The van der Waals surface area contributed by atoms with Gasteiger partial charge in [-0.05, 0) is 57.8 Å². The van der Waals surface area contributed by atoms with Crippen molar-refractivity contribution in [1.29, 1.82) is 0 Å². The minimum atomic E-state index is -1.59. The number of carbonyl (C=O) groups excluding carboxylic acids is 2. The summed E-state index contributed by atoms with van der Waals surface area (Å²) in [6.45, 7) is 3.38. The standard InChI is InChI=1S/C45H82O10/c1-3-5-7-9-11-13-15-17-19-21-23-25-27-29-31-33-40(47)52-36-38(37-53-45-44(51)43(50)42(49)39(35-46)55-45)54-41(48)34-32-30-28-26-24-22-20-18-16-14-12-10-8-6-4-2/h9,11,14,16,38-39,42-46,49-51H,3-8,10,12-13,15,17-37H2,1-2H3/b11-9+,16-14+/t38-,39-,42+,43?,44?,45-/m0/s1. The third kappa shape index (κ3) is 28.3. The normalized spacial score (nSPS) is 20.7.